The zero-order valence-electron chi connectivity index (χ0n) is 8.97. The minimum atomic E-state index is 0.969. The van der Waals surface area contributed by atoms with Crippen LogP contribution in [0.1, 0.15) is 59.3 Å². The molecule has 0 N–H and O–H groups in total. The molecule has 1 unspecified atom stereocenters. The van der Waals surface area contributed by atoms with Crippen LogP contribution in [0.2, 0.25) is 0 Å². The van der Waals surface area contributed by atoms with E-state index in [1.165, 1.54) is 38.5 Å². The van der Waals surface area contributed by atoms with Crippen molar-refractivity contribution in [1.29, 1.82) is 0 Å². The Morgan fingerprint density at radius 1 is 1.00 bits per heavy atom. The lowest BCUT2D eigenvalue weighted by Crippen LogP contribution is -1.96. The van der Waals surface area contributed by atoms with Crippen LogP contribution in [0.3, 0.4) is 0 Å². The lowest BCUT2D eigenvalue weighted by Gasteiger charge is -2.11. The van der Waals surface area contributed by atoms with E-state index in [0.29, 0.717) is 0 Å². The molecule has 0 rings (SSSR count). The van der Waals surface area contributed by atoms with Crippen LogP contribution < -0.4 is 0 Å². The van der Waals surface area contributed by atoms with Gasteiger partial charge < -0.3 is 0 Å². The predicted octanol–water partition coefficient (Wildman–Crippen LogP) is 4.56. The third-order valence-electron chi connectivity index (χ3n) is 2.42. The molecule has 0 aliphatic heterocycles. The molecule has 0 aliphatic carbocycles. The van der Waals surface area contributed by atoms with Crippen molar-refractivity contribution in [1.82, 2.24) is 0 Å². The number of rotatable bonds is 7. The second-order valence-corrected chi connectivity index (χ2v) is 3.52. The lowest BCUT2D eigenvalue weighted by molar-refractivity contribution is 0.435. The monoisotopic (exact) mass is 168 g/mol. The van der Waals surface area contributed by atoms with Gasteiger partial charge in [-0.25, -0.2) is 0 Å². The van der Waals surface area contributed by atoms with Gasteiger partial charge in [0.15, 0.2) is 0 Å². The predicted molar refractivity (Wildman–Crippen MR) is 57.4 cm³/mol. The van der Waals surface area contributed by atoms with Crippen LogP contribution >= 0.6 is 0 Å². The first-order valence-electron chi connectivity index (χ1n) is 5.50. The molecule has 1 atom stereocenters. The first-order chi connectivity index (χ1) is 5.85. The van der Waals surface area contributed by atoms with E-state index in [4.69, 9.17) is 0 Å². The van der Waals surface area contributed by atoms with Crippen LogP contribution in [-0.2, 0) is 0 Å². The maximum absolute atomic E-state index is 2.33. The highest BCUT2D eigenvalue weighted by Gasteiger charge is 2.02. The zero-order valence-corrected chi connectivity index (χ0v) is 8.97. The number of hydrogen-bond donors (Lipinski definition) is 0. The molecule has 0 spiro atoms. The van der Waals surface area contributed by atoms with E-state index >= 15 is 0 Å². The Kier molecular flexibility index (Phi) is 8.64. The van der Waals surface area contributed by atoms with Gasteiger partial charge in [0.25, 0.3) is 0 Å². The smallest absolute Gasteiger partial charge is 0.0348 e. The summed E-state index contributed by atoms with van der Waals surface area (Å²) in [7, 11) is 0. The standard InChI is InChI=1S/C12H24/c1-4-7-8-9-11-12(6-3)10-5-2/h7-8,12H,4-6,9-11H2,1-3H3. The Bertz CT molecular complexity index is 103. The van der Waals surface area contributed by atoms with E-state index in [0.717, 1.165) is 5.92 Å². The average molecular weight is 168 g/mol. The maximum atomic E-state index is 2.33. The molecule has 0 amide bonds. The van der Waals surface area contributed by atoms with Gasteiger partial charge in [0.1, 0.15) is 0 Å². The van der Waals surface area contributed by atoms with E-state index < -0.39 is 0 Å². The van der Waals surface area contributed by atoms with Gasteiger partial charge in [-0.05, 0) is 25.2 Å². The van der Waals surface area contributed by atoms with E-state index in [2.05, 4.69) is 32.9 Å². The Labute approximate surface area is 78.1 Å². The fourth-order valence-electron chi connectivity index (χ4n) is 1.58. The first-order valence-corrected chi connectivity index (χ1v) is 5.50. The second kappa shape index (κ2) is 8.83. The van der Waals surface area contributed by atoms with Crippen molar-refractivity contribution in [2.45, 2.75) is 59.3 Å². The van der Waals surface area contributed by atoms with Gasteiger partial charge in [-0.15, -0.1) is 0 Å². The van der Waals surface area contributed by atoms with E-state index in [-0.39, 0.29) is 0 Å². The fourth-order valence-corrected chi connectivity index (χ4v) is 1.58. The molecule has 72 valence electrons. The van der Waals surface area contributed by atoms with Crippen LogP contribution in [-0.4, -0.2) is 0 Å². The highest BCUT2D eigenvalue weighted by atomic mass is 14.1. The largest absolute Gasteiger partial charge is 0.0888 e. The van der Waals surface area contributed by atoms with Crippen molar-refractivity contribution in [3.05, 3.63) is 12.2 Å². The minimum Gasteiger partial charge on any atom is -0.0888 e. The Morgan fingerprint density at radius 2 is 1.75 bits per heavy atom. The van der Waals surface area contributed by atoms with Gasteiger partial charge in [-0.1, -0.05) is 52.2 Å². The molecule has 0 aromatic heterocycles. The van der Waals surface area contributed by atoms with Gasteiger partial charge in [-0.3, -0.25) is 0 Å². The SMILES string of the molecule is CCC=CCCC(CC)CCC. The molecule has 0 fully saturated rings. The van der Waals surface area contributed by atoms with Crippen molar-refractivity contribution >= 4 is 0 Å². The molecule has 12 heavy (non-hydrogen) atoms. The topological polar surface area (TPSA) is 0 Å². The van der Waals surface area contributed by atoms with Gasteiger partial charge in [0.05, 0.1) is 0 Å². The molecule has 0 bridgehead atoms. The van der Waals surface area contributed by atoms with Gasteiger partial charge >= 0.3 is 0 Å². The molecular weight excluding hydrogens is 144 g/mol. The molecule has 0 heterocycles. The highest BCUT2D eigenvalue weighted by Crippen LogP contribution is 2.17. The van der Waals surface area contributed by atoms with Gasteiger partial charge in [0, 0.05) is 0 Å². The number of allylic oxidation sites excluding steroid dienone is 2. The summed E-state index contributed by atoms with van der Waals surface area (Å²) in [5.74, 6) is 0.969. The maximum Gasteiger partial charge on any atom is -0.0348 e. The van der Waals surface area contributed by atoms with E-state index in [1.54, 1.807) is 0 Å². The summed E-state index contributed by atoms with van der Waals surface area (Å²) in [4.78, 5) is 0. The van der Waals surface area contributed by atoms with Crippen LogP contribution in [0.15, 0.2) is 12.2 Å². The normalized spacial score (nSPS) is 13.9. The van der Waals surface area contributed by atoms with Crippen LogP contribution in [0.4, 0.5) is 0 Å². The van der Waals surface area contributed by atoms with Crippen molar-refractivity contribution in [2.24, 2.45) is 5.92 Å². The third kappa shape index (κ3) is 6.45. The summed E-state index contributed by atoms with van der Waals surface area (Å²) in [6.45, 7) is 6.79. The summed E-state index contributed by atoms with van der Waals surface area (Å²) < 4.78 is 0. The molecule has 0 saturated heterocycles. The number of hydrogen-bond acceptors (Lipinski definition) is 0. The second-order valence-electron chi connectivity index (χ2n) is 3.52. The molecule has 0 heteroatoms. The molecular formula is C12H24. The van der Waals surface area contributed by atoms with Gasteiger partial charge in [-0.2, -0.15) is 0 Å². The molecule has 0 nitrogen and oxygen atoms in total. The molecule has 0 aromatic rings. The Balaban J connectivity index is 3.37. The van der Waals surface area contributed by atoms with Crippen molar-refractivity contribution < 1.29 is 0 Å². The Hall–Kier alpha value is -0.260. The fraction of sp³-hybridized carbons (Fsp3) is 0.833. The van der Waals surface area contributed by atoms with Crippen LogP contribution in [0, 0.1) is 5.92 Å². The molecule has 0 aromatic carbocycles. The first kappa shape index (κ1) is 11.7. The van der Waals surface area contributed by atoms with Crippen LogP contribution in [0.25, 0.3) is 0 Å². The van der Waals surface area contributed by atoms with Crippen molar-refractivity contribution in [3.8, 4) is 0 Å². The highest BCUT2D eigenvalue weighted by molar-refractivity contribution is 4.80. The summed E-state index contributed by atoms with van der Waals surface area (Å²) in [6, 6.07) is 0. The molecule has 0 aliphatic rings. The quantitative estimate of drug-likeness (QED) is 0.489. The van der Waals surface area contributed by atoms with Crippen molar-refractivity contribution in [3.63, 3.8) is 0 Å². The average Bonchev–Trinajstić information content (AvgIpc) is 2.10. The molecule has 0 saturated carbocycles. The summed E-state index contributed by atoms with van der Waals surface area (Å²) >= 11 is 0. The van der Waals surface area contributed by atoms with E-state index in [9.17, 15) is 0 Å². The van der Waals surface area contributed by atoms with Crippen molar-refractivity contribution in [2.75, 3.05) is 0 Å². The molecule has 0 radical (unpaired) electrons. The van der Waals surface area contributed by atoms with Gasteiger partial charge in [0.2, 0.25) is 0 Å². The zero-order chi connectivity index (χ0) is 9.23. The minimum absolute atomic E-state index is 0.969. The summed E-state index contributed by atoms with van der Waals surface area (Å²) in [5, 5.41) is 0. The van der Waals surface area contributed by atoms with E-state index in [1.807, 2.05) is 0 Å². The Morgan fingerprint density at radius 3 is 2.25 bits per heavy atom. The van der Waals surface area contributed by atoms with Crippen LogP contribution in [0.5, 0.6) is 0 Å². The summed E-state index contributed by atoms with van der Waals surface area (Å²) in [6.07, 6.45) is 12.6. The third-order valence-corrected chi connectivity index (χ3v) is 2.42. The summed E-state index contributed by atoms with van der Waals surface area (Å²) in [5.41, 5.74) is 0. The lowest BCUT2D eigenvalue weighted by atomic mass is 9.95.